The van der Waals surface area contributed by atoms with E-state index in [-0.39, 0.29) is 17.2 Å². The second-order valence-electron chi connectivity index (χ2n) is 18.5. The van der Waals surface area contributed by atoms with Crippen molar-refractivity contribution < 1.29 is 33.8 Å². The highest BCUT2D eigenvalue weighted by atomic mass is 16.5. The zero-order chi connectivity index (χ0) is 44.8. The fourth-order valence-electron chi connectivity index (χ4n) is 10.0. The summed E-state index contributed by atoms with van der Waals surface area (Å²) in [6.45, 7) is 4.87. The Bertz CT molecular complexity index is 1500. The number of phenolic OH excluding ortho intramolecular Hbond substituents is 1. The summed E-state index contributed by atoms with van der Waals surface area (Å²) in [5.74, 6) is -4.69. The summed E-state index contributed by atoms with van der Waals surface area (Å²) >= 11 is 0. The first kappa shape index (κ1) is 52.9. The Hall–Kier alpha value is -3.42. The van der Waals surface area contributed by atoms with Crippen molar-refractivity contribution in [2.45, 2.75) is 213 Å². The van der Waals surface area contributed by atoms with Gasteiger partial charge in [0.05, 0.1) is 26.1 Å². The minimum Gasteiger partial charge on any atom is -0.508 e. The molecular formula is C54H87NO7. The smallest absolute Gasteiger partial charge is 0.341 e. The molecule has 0 fully saturated rings. The van der Waals surface area contributed by atoms with E-state index in [4.69, 9.17) is 9.47 Å². The van der Waals surface area contributed by atoms with E-state index in [9.17, 15) is 24.3 Å². The Balaban J connectivity index is 1.67. The SMILES string of the molecule is CCCCCCCCCCCCCCCCC1=C[C@@H](C(=O)NCCc2ccc(O)cc2)[C@H]2C(=O)C(C(=O)OC)=C(CCCCCCCCCCCCCCCC)[C@H]2[C@@H]1C(=O)OC. The van der Waals surface area contributed by atoms with Gasteiger partial charge in [0.2, 0.25) is 5.91 Å². The molecule has 3 rings (SSSR count). The van der Waals surface area contributed by atoms with Gasteiger partial charge in [0.25, 0.3) is 0 Å². The summed E-state index contributed by atoms with van der Waals surface area (Å²) < 4.78 is 10.7. The molecule has 8 heteroatoms. The van der Waals surface area contributed by atoms with Gasteiger partial charge in [-0.15, -0.1) is 0 Å². The van der Waals surface area contributed by atoms with Gasteiger partial charge in [-0.05, 0) is 55.4 Å². The third-order valence-corrected chi connectivity index (χ3v) is 13.6. The molecule has 2 N–H and O–H groups in total. The summed E-state index contributed by atoms with van der Waals surface area (Å²) in [7, 11) is 2.68. The Kier molecular flexibility index (Phi) is 27.5. The summed E-state index contributed by atoms with van der Waals surface area (Å²) in [4.78, 5) is 55.9. The van der Waals surface area contributed by atoms with Crippen LogP contribution in [0.2, 0.25) is 0 Å². The van der Waals surface area contributed by atoms with E-state index in [2.05, 4.69) is 19.2 Å². The molecule has 0 heterocycles. The van der Waals surface area contributed by atoms with Crippen molar-refractivity contribution in [1.82, 2.24) is 5.32 Å². The normalized spacial score (nSPS) is 18.5. The molecule has 0 unspecified atom stereocenters. The predicted octanol–water partition coefficient (Wildman–Crippen LogP) is 13.4. The molecule has 2 aliphatic rings. The van der Waals surface area contributed by atoms with Gasteiger partial charge in [-0.1, -0.05) is 205 Å². The van der Waals surface area contributed by atoms with Gasteiger partial charge in [0.1, 0.15) is 11.3 Å². The Morgan fingerprint density at radius 2 is 1.00 bits per heavy atom. The van der Waals surface area contributed by atoms with Crippen molar-refractivity contribution >= 4 is 23.6 Å². The van der Waals surface area contributed by atoms with Crippen LogP contribution in [-0.4, -0.2) is 49.5 Å². The lowest BCUT2D eigenvalue weighted by molar-refractivity contribution is -0.147. The second kappa shape index (κ2) is 32.3. The third kappa shape index (κ3) is 18.7. The van der Waals surface area contributed by atoms with E-state index in [0.717, 1.165) is 56.1 Å². The molecule has 0 spiro atoms. The largest absolute Gasteiger partial charge is 0.508 e. The summed E-state index contributed by atoms with van der Waals surface area (Å²) in [5, 5.41) is 12.8. The quantitative estimate of drug-likeness (QED) is 0.0298. The highest BCUT2D eigenvalue weighted by molar-refractivity contribution is 6.22. The number of ketones is 1. The number of carbonyl (C=O) groups is 4. The minimum absolute atomic E-state index is 0.0270. The van der Waals surface area contributed by atoms with Crippen LogP contribution in [0.15, 0.2) is 47.1 Å². The highest BCUT2D eigenvalue weighted by Crippen LogP contribution is 2.52. The molecule has 2 aliphatic carbocycles. The minimum atomic E-state index is -0.886. The molecule has 0 bridgehead atoms. The molecule has 0 aliphatic heterocycles. The third-order valence-electron chi connectivity index (χ3n) is 13.6. The number of allylic oxidation sites excluding steroid dienone is 1. The lowest BCUT2D eigenvalue weighted by Gasteiger charge is -2.38. The van der Waals surface area contributed by atoms with E-state index in [0.29, 0.717) is 31.4 Å². The van der Waals surface area contributed by atoms with Crippen LogP contribution < -0.4 is 5.32 Å². The fourth-order valence-corrected chi connectivity index (χ4v) is 10.0. The maximum atomic E-state index is 14.5. The molecule has 1 amide bonds. The number of hydrogen-bond donors (Lipinski definition) is 2. The van der Waals surface area contributed by atoms with Gasteiger partial charge in [-0.25, -0.2) is 4.79 Å². The molecule has 62 heavy (non-hydrogen) atoms. The molecule has 0 saturated heterocycles. The lowest BCUT2D eigenvalue weighted by atomic mass is 9.64. The number of rotatable bonds is 36. The first-order chi connectivity index (χ1) is 30.3. The summed E-state index contributed by atoms with van der Waals surface area (Å²) in [6.07, 6.45) is 38.2. The molecule has 0 saturated carbocycles. The average Bonchev–Trinajstić information content (AvgIpc) is 3.57. The van der Waals surface area contributed by atoms with Crippen LogP contribution in [-0.2, 0) is 35.1 Å². The van der Waals surface area contributed by atoms with Gasteiger partial charge in [-0.2, -0.15) is 0 Å². The molecular weight excluding hydrogens is 775 g/mol. The zero-order valence-corrected chi connectivity index (χ0v) is 39.7. The molecule has 8 nitrogen and oxygen atoms in total. The first-order valence-electron chi connectivity index (χ1n) is 25.5. The number of amides is 1. The fraction of sp³-hybridized carbons (Fsp3) is 0.741. The van der Waals surface area contributed by atoms with Crippen LogP contribution in [0.1, 0.15) is 212 Å². The van der Waals surface area contributed by atoms with Crippen LogP contribution in [0.25, 0.3) is 0 Å². The summed E-state index contributed by atoms with van der Waals surface area (Å²) in [5.41, 5.74) is 2.49. The highest BCUT2D eigenvalue weighted by Gasteiger charge is 2.56. The van der Waals surface area contributed by atoms with Gasteiger partial charge in [0, 0.05) is 18.4 Å². The first-order valence-corrected chi connectivity index (χ1v) is 25.5. The number of carbonyl (C=O) groups excluding carboxylic acids is 4. The van der Waals surface area contributed by atoms with Gasteiger partial charge in [-0.3, -0.25) is 14.4 Å². The van der Waals surface area contributed by atoms with E-state index < -0.39 is 41.4 Å². The van der Waals surface area contributed by atoms with Crippen LogP contribution >= 0.6 is 0 Å². The maximum absolute atomic E-state index is 14.5. The zero-order valence-electron chi connectivity index (χ0n) is 39.7. The van der Waals surface area contributed by atoms with Crippen LogP contribution in [0.3, 0.4) is 0 Å². The van der Waals surface area contributed by atoms with E-state index in [1.807, 2.05) is 18.2 Å². The Morgan fingerprint density at radius 1 is 0.565 bits per heavy atom. The lowest BCUT2D eigenvalue weighted by Crippen LogP contribution is -2.46. The van der Waals surface area contributed by atoms with Crippen LogP contribution in [0.4, 0.5) is 0 Å². The molecule has 4 atom stereocenters. The van der Waals surface area contributed by atoms with Crippen molar-refractivity contribution in [3.05, 3.63) is 52.6 Å². The van der Waals surface area contributed by atoms with E-state index in [1.54, 1.807) is 12.1 Å². The standard InChI is InChI=1S/C54H87NO7/c1-5-7-9-11-13-15-17-19-21-23-25-27-29-31-33-43-41-46(52(58)55-40-39-42-35-37-44(56)38-36-42)49-48(47(43)53(59)61-3)45(50(51(49)57)54(60)62-4)34-32-30-28-26-24-22-20-18-16-14-12-10-8-6-2/h35-38,41,46-49,56H,5-34,39-40H2,1-4H3,(H,55,58)/t46-,47-,48+,49-/m1/s1. The number of aromatic hydroxyl groups is 1. The van der Waals surface area contributed by atoms with Gasteiger partial charge >= 0.3 is 11.9 Å². The van der Waals surface area contributed by atoms with Gasteiger partial charge in [0.15, 0.2) is 5.78 Å². The van der Waals surface area contributed by atoms with Crippen molar-refractivity contribution in [1.29, 1.82) is 0 Å². The van der Waals surface area contributed by atoms with Crippen molar-refractivity contribution in [3.63, 3.8) is 0 Å². The van der Waals surface area contributed by atoms with E-state index >= 15 is 0 Å². The Morgan fingerprint density at radius 3 is 1.44 bits per heavy atom. The number of ether oxygens (including phenoxy) is 2. The number of nitrogens with one attached hydrogen (secondary N) is 1. The van der Waals surface area contributed by atoms with Crippen LogP contribution in [0, 0.1) is 23.7 Å². The number of unbranched alkanes of at least 4 members (excludes halogenated alkanes) is 26. The number of methoxy groups -OCH3 is 2. The molecule has 1 aromatic rings. The average molecular weight is 862 g/mol. The van der Waals surface area contributed by atoms with Crippen molar-refractivity contribution in [3.8, 4) is 5.75 Å². The number of hydrogen-bond acceptors (Lipinski definition) is 7. The van der Waals surface area contributed by atoms with Gasteiger partial charge < -0.3 is 19.9 Å². The molecule has 0 aromatic heterocycles. The number of fused-ring (bicyclic) bond motifs is 1. The monoisotopic (exact) mass is 862 g/mol. The number of benzene rings is 1. The van der Waals surface area contributed by atoms with Crippen molar-refractivity contribution in [2.75, 3.05) is 20.8 Å². The maximum Gasteiger partial charge on any atom is 0.341 e. The van der Waals surface area contributed by atoms with Crippen LogP contribution in [0.5, 0.6) is 5.75 Å². The number of Topliss-reactive ketones (excluding diaryl/α,β-unsaturated/α-hetero) is 1. The molecule has 0 radical (unpaired) electrons. The predicted molar refractivity (Wildman–Crippen MR) is 253 cm³/mol. The van der Waals surface area contributed by atoms with Crippen molar-refractivity contribution in [2.24, 2.45) is 23.7 Å². The molecule has 350 valence electrons. The molecule has 1 aromatic carbocycles. The topological polar surface area (TPSA) is 119 Å². The number of phenols is 1. The second-order valence-corrected chi connectivity index (χ2v) is 18.5. The van der Waals surface area contributed by atoms with E-state index in [1.165, 1.54) is 149 Å². The number of esters is 2. The summed E-state index contributed by atoms with van der Waals surface area (Å²) in [6, 6.07) is 6.90. The Labute approximate surface area is 377 Å².